The van der Waals surface area contributed by atoms with Gasteiger partial charge in [0.15, 0.2) is 11.6 Å². The molecule has 0 spiro atoms. The molecule has 1 N–H and O–H groups in total. The van der Waals surface area contributed by atoms with E-state index in [4.69, 9.17) is 14.5 Å². The van der Waals surface area contributed by atoms with E-state index in [1.807, 2.05) is 24.9 Å². The molecule has 3 saturated heterocycles. The summed E-state index contributed by atoms with van der Waals surface area (Å²) in [6.07, 6.45) is 3.71. The monoisotopic (exact) mass is 532 g/mol. The number of hydrogen-bond acceptors (Lipinski definition) is 8. The Morgan fingerprint density at radius 2 is 1.90 bits per heavy atom. The zero-order valence-electron chi connectivity index (χ0n) is 23.6. The van der Waals surface area contributed by atoms with Crippen LogP contribution in [-0.4, -0.2) is 84.9 Å². The molecule has 4 aliphatic heterocycles. The number of likely N-dealkylation sites (tertiary alicyclic amines) is 2. The van der Waals surface area contributed by atoms with Gasteiger partial charge in [-0.3, -0.25) is 9.69 Å². The van der Waals surface area contributed by atoms with E-state index in [0.717, 1.165) is 105 Å². The molecule has 5 heterocycles. The standard InChI is InChI=1S/C30H40N6O3/c1-6-7-27(37)36-18-25(19-36)34-12-9-24(10-13-34)20(2)32-21(3)29-22(4)33-30-28(23(5)39-29)26(8-11-31-30)35-14-16-38-17-15-35/h8,11,23-25,32H,2,9-10,12-19H2,1,3-5H3/b29-21+/t23-/m0/s1. The number of aliphatic imine (C=N–C) groups is 1. The number of carbonyl (C=O) groups excluding carboxylic acids is 1. The van der Waals surface area contributed by atoms with Gasteiger partial charge in [0.25, 0.3) is 5.91 Å². The van der Waals surface area contributed by atoms with Gasteiger partial charge in [-0.25, -0.2) is 9.98 Å². The quantitative estimate of drug-likeness (QED) is 0.582. The summed E-state index contributed by atoms with van der Waals surface area (Å²) in [4.78, 5) is 28.1. The number of nitrogens with one attached hydrogen (secondary N) is 1. The number of allylic oxidation sites excluding steroid dienone is 3. The summed E-state index contributed by atoms with van der Waals surface area (Å²) in [5.74, 6) is 7.12. The van der Waals surface area contributed by atoms with Gasteiger partial charge in [-0.05, 0) is 65.6 Å². The summed E-state index contributed by atoms with van der Waals surface area (Å²) < 4.78 is 12.1. The predicted octanol–water partition coefficient (Wildman–Crippen LogP) is 3.38. The first-order valence-corrected chi connectivity index (χ1v) is 14.0. The van der Waals surface area contributed by atoms with Crippen molar-refractivity contribution in [1.29, 1.82) is 0 Å². The Morgan fingerprint density at radius 3 is 2.59 bits per heavy atom. The Hall–Kier alpha value is -3.35. The molecule has 1 aromatic rings. The Labute approximate surface area is 231 Å². The van der Waals surface area contributed by atoms with E-state index < -0.39 is 0 Å². The van der Waals surface area contributed by atoms with E-state index in [1.54, 1.807) is 6.92 Å². The molecule has 9 heteroatoms. The average molecular weight is 533 g/mol. The van der Waals surface area contributed by atoms with Gasteiger partial charge in [0, 0.05) is 55.7 Å². The number of pyridine rings is 1. The van der Waals surface area contributed by atoms with Gasteiger partial charge in [-0.15, -0.1) is 0 Å². The first kappa shape index (κ1) is 27.2. The maximum atomic E-state index is 11.9. The van der Waals surface area contributed by atoms with Crippen LogP contribution in [0, 0.1) is 17.8 Å². The fourth-order valence-electron chi connectivity index (χ4n) is 5.95. The number of nitrogens with zero attached hydrogens (tertiary/aromatic N) is 5. The highest BCUT2D eigenvalue weighted by Crippen LogP contribution is 2.39. The van der Waals surface area contributed by atoms with Crippen LogP contribution < -0.4 is 10.2 Å². The smallest absolute Gasteiger partial charge is 0.298 e. The number of piperidine rings is 1. The molecule has 1 atom stereocenters. The lowest BCUT2D eigenvalue weighted by molar-refractivity contribution is -0.132. The minimum Gasteiger partial charge on any atom is -0.482 e. The van der Waals surface area contributed by atoms with Crippen LogP contribution in [0.15, 0.2) is 41.0 Å². The number of amides is 1. The van der Waals surface area contributed by atoms with Crippen molar-refractivity contribution >= 4 is 23.1 Å². The molecule has 1 aromatic heterocycles. The number of carbonyl (C=O) groups is 1. The van der Waals surface area contributed by atoms with Crippen molar-refractivity contribution < 1.29 is 14.3 Å². The molecule has 0 aliphatic carbocycles. The summed E-state index contributed by atoms with van der Waals surface area (Å²) in [6.45, 7) is 18.9. The van der Waals surface area contributed by atoms with Gasteiger partial charge in [-0.1, -0.05) is 12.5 Å². The average Bonchev–Trinajstić information content (AvgIpc) is 3.04. The summed E-state index contributed by atoms with van der Waals surface area (Å²) >= 11 is 0. The van der Waals surface area contributed by atoms with Crippen molar-refractivity contribution in [3.8, 4) is 11.8 Å². The second-order valence-electron chi connectivity index (χ2n) is 10.8. The van der Waals surface area contributed by atoms with Crippen LogP contribution in [0.5, 0.6) is 0 Å². The van der Waals surface area contributed by atoms with E-state index in [0.29, 0.717) is 12.0 Å². The molecule has 0 unspecified atom stereocenters. The predicted molar refractivity (Wildman–Crippen MR) is 153 cm³/mol. The number of fused-ring (bicyclic) bond motifs is 1. The first-order chi connectivity index (χ1) is 18.9. The first-order valence-electron chi connectivity index (χ1n) is 14.0. The molecule has 1 amide bonds. The highest BCUT2D eigenvalue weighted by molar-refractivity contribution is 5.99. The zero-order chi connectivity index (χ0) is 27.5. The fourth-order valence-corrected chi connectivity index (χ4v) is 5.95. The van der Waals surface area contributed by atoms with Crippen molar-refractivity contribution in [2.45, 2.75) is 52.7 Å². The highest BCUT2D eigenvalue weighted by atomic mass is 16.5. The molecule has 4 aliphatic rings. The second-order valence-corrected chi connectivity index (χ2v) is 10.8. The Bertz CT molecular complexity index is 1220. The lowest BCUT2D eigenvalue weighted by Gasteiger charge is -2.47. The number of rotatable bonds is 5. The SMILES string of the molecule is C=C(N/C(C)=C1/O[C@@H](C)c2c(N3CCOCC3)ccnc2N=C1C)C1CCN(C2CN(C(=O)C#CC)C2)CC1. The van der Waals surface area contributed by atoms with E-state index >= 15 is 0 Å². The maximum Gasteiger partial charge on any atom is 0.298 e. The fraction of sp³-hybridized carbons (Fsp3) is 0.567. The van der Waals surface area contributed by atoms with Crippen molar-refractivity contribution in [3.63, 3.8) is 0 Å². The van der Waals surface area contributed by atoms with Crippen LogP contribution in [0.1, 0.15) is 52.2 Å². The molecule has 39 heavy (non-hydrogen) atoms. The van der Waals surface area contributed by atoms with Crippen LogP contribution >= 0.6 is 0 Å². The summed E-state index contributed by atoms with van der Waals surface area (Å²) in [7, 11) is 0. The zero-order valence-corrected chi connectivity index (χ0v) is 23.6. The van der Waals surface area contributed by atoms with Gasteiger partial charge in [0.2, 0.25) is 0 Å². The Kier molecular flexibility index (Phi) is 8.24. The summed E-state index contributed by atoms with van der Waals surface area (Å²) in [6, 6.07) is 2.50. The molecule has 3 fully saturated rings. The lowest BCUT2D eigenvalue weighted by atomic mass is 9.91. The Morgan fingerprint density at radius 1 is 1.18 bits per heavy atom. The topological polar surface area (TPSA) is 82.5 Å². The second kappa shape index (κ2) is 11.8. The summed E-state index contributed by atoms with van der Waals surface area (Å²) in [5.41, 5.74) is 4.87. The number of anilines is 1. The van der Waals surface area contributed by atoms with E-state index in [2.05, 4.69) is 51.5 Å². The molecule has 0 radical (unpaired) electrons. The highest BCUT2D eigenvalue weighted by Gasteiger charge is 2.36. The molecule has 0 bridgehead atoms. The van der Waals surface area contributed by atoms with Crippen LogP contribution in [0.2, 0.25) is 0 Å². The molecule has 9 nitrogen and oxygen atoms in total. The largest absolute Gasteiger partial charge is 0.482 e. The molecular formula is C30H40N6O3. The van der Waals surface area contributed by atoms with E-state index in [1.165, 1.54) is 0 Å². The molecule has 5 rings (SSSR count). The number of ether oxygens (including phenoxy) is 2. The molecular weight excluding hydrogens is 492 g/mol. The molecule has 208 valence electrons. The Balaban J connectivity index is 1.21. The lowest BCUT2D eigenvalue weighted by Crippen LogP contribution is -2.62. The van der Waals surface area contributed by atoms with Gasteiger partial charge < -0.3 is 24.6 Å². The number of hydrogen-bond donors (Lipinski definition) is 1. The third-order valence-electron chi connectivity index (χ3n) is 8.21. The van der Waals surface area contributed by atoms with Crippen LogP contribution in [0.3, 0.4) is 0 Å². The summed E-state index contributed by atoms with van der Waals surface area (Å²) in [5, 5.41) is 3.56. The van der Waals surface area contributed by atoms with Gasteiger partial charge in [0.1, 0.15) is 6.10 Å². The van der Waals surface area contributed by atoms with Gasteiger partial charge in [-0.2, -0.15) is 0 Å². The maximum absolute atomic E-state index is 11.9. The van der Waals surface area contributed by atoms with Gasteiger partial charge >= 0.3 is 0 Å². The molecule has 0 aromatic carbocycles. The normalized spacial score (nSPS) is 23.8. The van der Waals surface area contributed by atoms with Crippen molar-refractivity contribution in [2.75, 3.05) is 57.4 Å². The minimum absolute atomic E-state index is 0.0604. The van der Waals surface area contributed by atoms with E-state index in [-0.39, 0.29) is 12.0 Å². The van der Waals surface area contributed by atoms with Crippen LogP contribution in [0.25, 0.3) is 0 Å². The number of morpholine rings is 1. The minimum atomic E-state index is -0.201. The third-order valence-corrected chi connectivity index (χ3v) is 8.21. The van der Waals surface area contributed by atoms with Crippen molar-refractivity contribution in [1.82, 2.24) is 20.1 Å². The van der Waals surface area contributed by atoms with Crippen molar-refractivity contribution in [2.24, 2.45) is 10.9 Å². The van der Waals surface area contributed by atoms with Gasteiger partial charge in [0.05, 0.1) is 30.2 Å². The van der Waals surface area contributed by atoms with Crippen molar-refractivity contribution in [3.05, 3.63) is 41.6 Å². The van der Waals surface area contributed by atoms with Crippen LogP contribution in [-0.2, 0) is 14.3 Å². The third kappa shape index (κ3) is 5.82. The molecule has 0 saturated carbocycles. The number of aromatic nitrogens is 1. The van der Waals surface area contributed by atoms with E-state index in [9.17, 15) is 4.79 Å². The van der Waals surface area contributed by atoms with Crippen LogP contribution in [0.4, 0.5) is 11.5 Å².